The molecule has 8 nitrogen and oxygen atoms in total. The number of nitro groups is 1. The highest BCUT2D eigenvalue weighted by molar-refractivity contribution is 5.81. The van der Waals surface area contributed by atoms with Crippen molar-refractivity contribution in [2.75, 3.05) is 13.2 Å². The molecule has 0 radical (unpaired) electrons. The van der Waals surface area contributed by atoms with Gasteiger partial charge in [-0.3, -0.25) is 14.9 Å². The van der Waals surface area contributed by atoms with Crippen molar-refractivity contribution in [2.45, 2.75) is 39.2 Å². The Morgan fingerprint density at radius 2 is 1.88 bits per heavy atom. The number of non-ortho nitro benzene ring substituents is 1. The number of amides is 1. The molecule has 8 heteroatoms. The van der Waals surface area contributed by atoms with E-state index in [2.05, 4.69) is 19.2 Å². The number of nitrogens with one attached hydrogen (secondary N) is 1. The van der Waals surface area contributed by atoms with Gasteiger partial charge in [0.05, 0.1) is 4.92 Å². The van der Waals surface area contributed by atoms with Gasteiger partial charge in [-0.2, -0.15) is 0 Å². The molecule has 26 heavy (non-hydrogen) atoms. The molecule has 1 aliphatic carbocycles. The Balaban J connectivity index is 1.69. The number of ether oxygens (including phenoxy) is 2. The van der Waals surface area contributed by atoms with E-state index >= 15 is 0 Å². The molecule has 1 N–H and O–H groups in total. The first kappa shape index (κ1) is 19.7. The number of nitrogens with zero attached hydrogens (tertiary/aromatic N) is 1. The molecule has 0 bridgehead atoms. The molecule has 142 valence electrons. The predicted molar refractivity (Wildman–Crippen MR) is 93.7 cm³/mol. The molecule has 0 aromatic heterocycles. The van der Waals surface area contributed by atoms with Gasteiger partial charge in [0.2, 0.25) is 0 Å². The van der Waals surface area contributed by atoms with E-state index in [0.29, 0.717) is 17.6 Å². The van der Waals surface area contributed by atoms with Crippen LogP contribution in [0.3, 0.4) is 0 Å². The Hall–Kier alpha value is -2.64. The lowest BCUT2D eigenvalue weighted by Crippen LogP contribution is -2.45. The number of esters is 1. The van der Waals surface area contributed by atoms with Gasteiger partial charge >= 0.3 is 5.97 Å². The molecule has 0 spiro atoms. The van der Waals surface area contributed by atoms with E-state index in [1.54, 1.807) is 0 Å². The van der Waals surface area contributed by atoms with Crippen molar-refractivity contribution >= 4 is 17.6 Å². The largest absolute Gasteiger partial charge is 0.482 e. The van der Waals surface area contributed by atoms with Crippen LogP contribution in [0, 0.1) is 22.0 Å². The second kappa shape index (κ2) is 9.17. The zero-order valence-corrected chi connectivity index (χ0v) is 15.0. The first-order valence-electron chi connectivity index (χ1n) is 8.69. The minimum absolute atomic E-state index is 0.0668. The van der Waals surface area contributed by atoms with Crippen LogP contribution in [0.25, 0.3) is 0 Å². The molecule has 1 aliphatic rings. The Bertz CT molecular complexity index is 646. The number of carbonyl (C=O) groups excluding carboxylic acids is 2. The smallest absolute Gasteiger partial charge is 0.344 e. The van der Waals surface area contributed by atoms with Crippen LogP contribution in [-0.2, 0) is 14.3 Å². The standard InChI is InChI=1S/C18H24N2O6/c1-12-4-3-5-16(13(12)2)19-17(21)10-26-18(22)11-25-15-8-6-14(7-9-15)20(23)24/h6-9,12-13,16H,3-5,10-11H2,1-2H3,(H,19,21)/t12-,13+,16-/m0/s1. The summed E-state index contributed by atoms with van der Waals surface area (Å²) in [7, 11) is 0. The van der Waals surface area contributed by atoms with E-state index in [0.717, 1.165) is 12.8 Å². The van der Waals surface area contributed by atoms with Crippen LogP contribution in [0.1, 0.15) is 33.1 Å². The van der Waals surface area contributed by atoms with Crippen molar-refractivity contribution < 1.29 is 24.0 Å². The van der Waals surface area contributed by atoms with Gasteiger partial charge in [0, 0.05) is 18.2 Å². The number of rotatable bonds is 7. The van der Waals surface area contributed by atoms with E-state index in [1.807, 2.05) is 0 Å². The fourth-order valence-electron chi connectivity index (χ4n) is 3.03. The summed E-state index contributed by atoms with van der Waals surface area (Å²) in [5, 5.41) is 13.5. The molecule has 0 aliphatic heterocycles. The van der Waals surface area contributed by atoms with Gasteiger partial charge in [-0.25, -0.2) is 4.79 Å². The summed E-state index contributed by atoms with van der Waals surface area (Å²) in [6.45, 7) is 3.58. The zero-order chi connectivity index (χ0) is 19.1. The number of carbonyl (C=O) groups is 2. The van der Waals surface area contributed by atoms with Gasteiger partial charge in [-0.1, -0.05) is 26.7 Å². The molecular formula is C18H24N2O6. The SMILES string of the molecule is C[C@H]1[C@@H](NC(=O)COC(=O)COc2ccc([N+](=O)[O-])cc2)CCC[C@@H]1C. The highest BCUT2D eigenvalue weighted by Crippen LogP contribution is 2.29. The molecule has 1 aromatic rings. The van der Waals surface area contributed by atoms with Crippen molar-refractivity contribution in [3.63, 3.8) is 0 Å². The highest BCUT2D eigenvalue weighted by Gasteiger charge is 2.28. The van der Waals surface area contributed by atoms with E-state index in [4.69, 9.17) is 9.47 Å². The molecule has 0 heterocycles. The second-order valence-electron chi connectivity index (χ2n) is 6.64. The van der Waals surface area contributed by atoms with E-state index in [1.165, 1.54) is 30.7 Å². The predicted octanol–water partition coefficient (Wildman–Crippen LogP) is 2.46. The molecule has 1 aromatic carbocycles. The lowest BCUT2D eigenvalue weighted by Gasteiger charge is -2.34. The van der Waals surface area contributed by atoms with Crippen molar-refractivity contribution in [1.29, 1.82) is 0 Å². The van der Waals surface area contributed by atoms with Crippen LogP contribution in [0.5, 0.6) is 5.75 Å². The van der Waals surface area contributed by atoms with E-state index < -0.39 is 10.9 Å². The molecule has 3 atom stereocenters. The van der Waals surface area contributed by atoms with Crippen LogP contribution in [0.2, 0.25) is 0 Å². The minimum atomic E-state index is -0.677. The van der Waals surface area contributed by atoms with Crippen LogP contribution in [0.4, 0.5) is 5.69 Å². The molecule has 1 fully saturated rings. The van der Waals surface area contributed by atoms with Crippen LogP contribution in [-0.4, -0.2) is 36.1 Å². The summed E-state index contributed by atoms with van der Waals surface area (Å²) in [5.74, 6) is 0.269. The third-order valence-corrected chi connectivity index (χ3v) is 4.82. The average Bonchev–Trinajstić information content (AvgIpc) is 2.62. The molecule has 2 rings (SSSR count). The maximum absolute atomic E-state index is 12.0. The van der Waals surface area contributed by atoms with Gasteiger partial charge in [0.1, 0.15) is 5.75 Å². The minimum Gasteiger partial charge on any atom is -0.482 e. The Morgan fingerprint density at radius 1 is 1.19 bits per heavy atom. The van der Waals surface area contributed by atoms with Crippen LogP contribution >= 0.6 is 0 Å². The van der Waals surface area contributed by atoms with Gasteiger partial charge in [0.15, 0.2) is 13.2 Å². The Morgan fingerprint density at radius 3 is 2.54 bits per heavy atom. The Labute approximate surface area is 152 Å². The number of nitro benzene ring substituents is 1. The lowest BCUT2D eigenvalue weighted by atomic mass is 9.78. The second-order valence-corrected chi connectivity index (χ2v) is 6.64. The maximum atomic E-state index is 12.0. The van der Waals surface area contributed by atoms with Crippen LogP contribution < -0.4 is 10.1 Å². The Kier molecular flexibility index (Phi) is 6.94. The number of hydrogen-bond acceptors (Lipinski definition) is 6. The van der Waals surface area contributed by atoms with Crippen LogP contribution in [0.15, 0.2) is 24.3 Å². The monoisotopic (exact) mass is 364 g/mol. The lowest BCUT2D eigenvalue weighted by molar-refractivity contribution is -0.384. The summed E-state index contributed by atoms with van der Waals surface area (Å²) in [6, 6.07) is 5.45. The number of hydrogen-bond donors (Lipinski definition) is 1. The third-order valence-electron chi connectivity index (χ3n) is 4.82. The average molecular weight is 364 g/mol. The molecule has 0 unspecified atom stereocenters. The zero-order valence-electron chi connectivity index (χ0n) is 15.0. The topological polar surface area (TPSA) is 108 Å². The van der Waals surface area contributed by atoms with Crippen molar-refractivity contribution in [3.8, 4) is 5.75 Å². The van der Waals surface area contributed by atoms with Gasteiger partial charge in [0.25, 0.3) is 11.6 Å². The first-order chi connectivity index (χ1) is 12.4. The summed E-state index contributed by atoms with van der Waals surface area (Å²) in [6.07, 6.45) is 3.19. The maximum Gasteiger partial charge on any atom is 0.344 e. The van der Waals surface area contributed by atoms with E-state index in [-0.39, 0.29) is 30.9 Å². The van der Waals surface area contributed by atoms with Crippen molar-refractivity contribution in [3.05, 3.63) is 34.4 Å². The fourth-order valence-corrected chi connectivity index (χ4v) is 3.03. The summed E-state index contributed by atoms with van der Waals surface area (Å²) < 4.78 is 10.1. The normalized spacial score (nSPS) is 22.3. The fraction of sp³-hybridized carbons (Fsp3) is 0.556. The highest BCUT2D eigenvalue weighted by atomic mass is 16.6. The van der Waals surface area contributed by atoms with Crippen molar-refractivity contribution in [2.24, 2.45) is 11.8 Å². The quantitative estimate of drug-likeness (QED) is 0.452. The first-order valence-corrected chi connectivity index (χ1v) is 8.69. The van der Waals surface area contributed by atoms with Gasteiger partial charge < -0.3 is 14.8 Å². The summed E-state index contributed by atoms with van der Waals surface area (Å²) in [5.41, 5.74) is -0.0668. The third kappa shape index (κ3) is 5.72. The molecule has 1 saturated carbocycles. The van der Waals surface area contributed by atoms with Gasteiger partial charge in [-0.15, -0.1) is 0 Å². The van der Waals surface area contributed by atoms with Gasteiger partial charge in [-0.05, 0) is 30.4 Å². The molecular weight excluding hydrogens is 340 g/mol. The summed E-state index contributed by atoms with van der Waals surface area (Å²) >= 11 is 0. The summed E-state index contributed by atoms with van der Waals surface area (Å²) in [4.78, 5) is 33.7. The molecule has 1 amide bonds. The number of benzene rings is 1. The van der Waals surface area contributed by atoms with E-state index in [9.17, 15) is 19.7 Å². The van der Waals surface area contributed by atoms with Crippen molar-refractivity contribution in [1.82, 2.24) is 5.32 Å². The molecule has 0 saturated heterocycles.